The summed E-state index contributed by atoms with van der Waals surface area (Å²) in [5, 5.41) is 4.17. The minimum absolute atomic E-state index is 0.117. The van der Waals surface area contributed by atoms with Crippen LogP contribution in [0.5, 0.6) is 0 Å². The van der Waals surface area contributed by atoms with Gasteiger partial charge in [-0.1, -0.05) is 25.4 Å². The Kier molecular flexibility index (Phi) is 4.00. The van der Waals surface area contributed by atoms with Crippen LogP contribution in [0.15, 0.2) is 18.2 Å². The minimum atomic E-state index is 0.117. The van der Waals surface area contributed by atoms with Crippen molar-refractivity contribution in [2.24, 2.45) is 11.1 Å². The van der Waals surface area contributed by atoms with Crippen LogP contribution in [0.25, 0.3) is 0 Å². The second-order valence-electron chi connectivity index (χ2n) is 4.68. The van der Waals surface area contributed by atoms with Crippen LogP contribution < -0.4 is 11.1 Å². The average Bonchev–Trinajstić information content (AvgIpc) is 2.16. The lowest BCUT2D eigenvalue weighted by Crippen LogP contribution is -2.31. The number of aryl methyl sites for hydroxylation is 1. The highest BCUT2D eigenvalue weighted by atomic mass is 35.5. The zero-order valence-corrected chi connectivity index (χ0v) is 10.4. The lowest BCUT2D eigenvalue weighted by molar-refractivity contribution is 0.405. The SMILES string of the molecule is Cc1cc(Cl)ccc1NCC(C)(C)CN. The highest BCUT2D eigenvalue weighted by Gasteiger charge is 2.15. The molecule has 0 aliphatic rings. The van der Waals surface area contributed by atoms with Crippen LogP contribution in [0.4, 0.5) is 5.69 Å². The monoisotopic (exact) mass is 226 g/mol. The first kappa shape index (κ1) is 12.3. The fourth-order valence-electron chi connectivity index (χ4n) is 1.23. The number of anilines is 1. The molecule has 0 saturated heterocycles. The number of halogens is 1. The number of hydrogen-bond acceptors (Lipinski definition) is 2. The molecule has 0 aliphatic carbocycles. The van der Waals surface area contributed by atoms with Gasteiger partial charge in [-0.2, -0.15) is 0 Å². The van der Waals surface area contributed by atoms with Gasteiger partial charge in [0.2, 0.25) is 0 Å². The fourth-order valence-corrected chi connectivity index (χ4v) is 1.46. The maximum absolute atomic E-state index is 5.89. The van der Waals surface area contributed by atoms with Crippen LogP contribution in [0.1, 0.15) is 19.4 Å². The summed E-state index contributed by atoms with van der Waals surface area (Å²) in [6.45, 7) is 7.87. The molecule has 0 fully saturated rings. The van der Waals surface area contributed by atoms with Gasteiger partial charge in [-0.25, -0.2) is 0 Å². The lowest BCUT2D eigenvalue weighted by Gasteiger charge is -2.24. The Morgan fingerprint density at radius 2 is 2.07 bits per heavy atom. The van der Waals surface area contributed by atoms with Crippen molar-refractivity contribution in [1.29, 1.82) is 0 Å². The van der Waals surface area contributed by atoms with Crippen molar-refractivity contribution < 1.29 is 0 Å². The molecule has 0 bridgehead atoms. The van der Waals surface area contributed by atoms with E-state index in [-0.39, 0.29) is 5.41 Å². The second-order valence-corrected chi connectivity index (χ2v) is 5.12. The molecule has 15 heavy (non-hydrogen) atoms. The summed E-state index contributed by atoms with van der Waals surface area (Å²) < 4.78 is 0. The maximum atomic E-state index is 5.89. The Labute approximate surface area is 96.8 Å². The molecular formula is C12H19ClN2. The normalized spacial score (nSPS) is 11.5. The highest BCUT2D eigenvalue weighted by Crippen LogP contribution is 2.21. The average molecular weight is 227 g/mol. The van der Waals surface area contributed by atoms with E-state index in [4.69, 9.17) is 17.3 Å². The molecule has 1 aromatic carbocycles. The van der Waals surface area contributed by atoms with E-state index in [1.165, 1.54) is 0 Å². The van der Waals surface area contributed by atoms with E-state index in [2.05, 4.69) is 19.2 Å². The Morgan fingerprint density at radius 1 is 1.40 bits per heavy atom. The Bertz CT molecular complexity index is 334. The molecule has 2 nitrogen and oxygen atoms in total. The molecule has 0 saturated carbocycles. The van der Waals surface area contributed by atoms with Crippen molar-refractivity contribution in [3.05, 3.63) is 28.8 Å². The fraction of sp³-hybridized carbons (Fsp3) is 0.500. The van der Waals surface area contributed by atoms with Gasteiger partial charge in [0.05, 0.1) is 0 Å². The lowest BCUT2D eigenvalue weighted by atomic mass is 9.94. The molecule has 0 unspecified atom stereocenters. The second kappa shape index (κ2) is 4.86. The Morgan fingerprint density at radius 3 is 2.60 bits per heavy atom. The quantitative estimate of drug-likeness (QED) is 0.828. The molecule has 0 atom stereocenters. The predicted octanol–water partition coefficient (Wildman–Crippen LogP) is 3.05. The van der Waals surface area contributed by atoms with Gasteiger partial charge in [-0.15, -0.1) is 0 Å². The van der Waals surface area contributed by atoms with Crippen molar-refractivity contribution in [2.45, 2.75) is 20.8 Å². The van der Waals surface area contributed by atoms with E-state index < -0.39 is 0 Å². The minimum Gasteiger partial charge on any atom is -0.384 e. The highest BCUT2D eigenvalue weighted by molar-refractivity contribution is 6.30. The summed E-state index contributed by atoms with van der Waals surface area (Å²) in [6.07, 6.45) is 0. The molecular weight excluding hydrogens is 208 g/mol. The van der Waals surface area contributed by atoms with Gasteiger partial charge in [0.25, 0.3) is 0 Å². The largest absolute Gasteiger partial charge is 0.384 e. The van der Waals surface area contributed by atoms with Crippen LogP contribution in [0, 0.1) is 12.3 Å². The number of benzene rings is 1. The van der Waals surface area contributed by atoms with Gasteiger partial charge in [-0.05, 0) is 42.6 Å². The molecule has 0 spiro atoms. The van der Waals surface area contributed by atoms with Crippen LogP contribution in [-0.2, 0) is 0 Å². The Balaban J connectivity index is 2.66. The maximum Gasteiger partial charge on any atom is 0.0410 e. The van der Waals surface area contributed by atoms with Crippen LogP contribution in [-0.4, -0.2) is 13.1 Å². The summed E-state index contributed by atoms with van der Waals surface area (Å²) in [4.78, 5) is 0. The molecule has 1 rings (SSSR count). The standard InChI is InChI=1S/C12H19ClN2/c1-9-6-10(13)4-5-11(9)15-8-12(2,3)7-14/h4-6,15H,7-8,14H2,1-3H3. The van der Waals surface area contributed by atoms with E-state index >= 15 is 0 Å². The van der Waals surface area contributed by atoms with Crippen LogP contribution >= 0.6 is 11.6 Å². The van der Waals surface area contributed by atoms with E-state index in [0.29, 0.717) is 6.54 Å². The number of hydrogen-bond donors (Lipinski definition) is 2. The zero-order chi connectivity index (χ0) is 11.5. The van der Waals surface area contributed by atoms with Crippen LogP contribution in [0.3, 0.4) is 0 Å². The van der Waals surface area contributed by atoms with Crippen LogP contribution in [0.2, 0.25) is 5.02 Å². The first-order chi connectivity index (χ1) is 6.94. The zero-order valence-electron chi connectivity index (χ0n) is 9.60. The predicted molar refractivity (Wildman–Crippen MR) is 67.5 cm³/mol. The molecule has 84 valence electrons. The molecule has 0 aliphatic heterocycles. The summed E-state index contributed by atoms with van der Waals surface area (Å²) in [5.74, 6) is 0. The van der Waals surface area contributed by atoms with Gasteiger partial charge in [0.1, 0.15) is 0 Å². The molecule has 1 aromatic rings. The first-order valence-corrected chi connectivity index (χ1v) is 5.52. The number of nitrogens with two attached hydrogens (primary N) is 1. The van der Waals surface area contributed by atoms with Gasteiger partial charge in [-0.3, -0.25) is 0 Å². The number of nitrogens with one attached hydrogen (secondary N) is 1. The molecule has 0 amide bonds. The van der Waals surface area contributed by atoms with Gasteiger partial charge in [0.15, 0.2) is 0 Å². The number of rotatable bonds is 4. The smallest absolute Gasteiger partial charge is 0.0410 e. The van der Waals surface area contributed by atoms with E-state index in [1.54, 1.807) is 0 Å². The Hall–Kier alpha value is -0.730. The summed E-state index contributed by atoms with van der Waals surface area (Å²) in [6, 6.07) is 5.86. The van der Waals surface area contributed by atoms with Crippen molar-refractivity contribution in [1.82, 2.24) is 0 Å². The molecule has 0 heterocycles. The van der Waals surface area contributed by atoms with E-state index in [1.807, 2.05) is 25.1 Å². The van der Waals surface area contributed by atoms with E-state index in [0.717, 1.165) is 22.8 Å². The van der Waals surface area contributed by atoms with Crippen molar-refractivity contribution in [3.8, 4) is 0 Å². The third-order valence-corrected chi connectivity index (χ3v) is 2.73. The third kappa shape index (κ3) is 3.73. The van der Waals surface area contributed by atoms with Crippen molar-refractivity contribution in [3.63, 3.8) is 0 Å². The van der Waals surface area contributed by atoms with Gasteiger partial charge in [0, 0.05) is 17.3 Å². The van der Waals surface area contributed by atoms with Crippen molar-refractivity contribution >= 4 is 17.3 Å². The molecule has 0 radical (unpaired) electrons. The molecule has 3 heteroatoms. The first-order valence-electron chi connectivity index (χ1n) is 5.15. The third-order valence-electron chi connectivity index (χ3n) is 2.50. The van der Waals surface area contributed by atoms with Gasteiger partial charge >= 0.3 is 0 Å². The molecule has 3 N–H and O–H groups in total. The summed E-state index contributed by atoms with van der Waals surface area (Å²) in [7, 11) is 0. The van der Waals surface area contributed by atoms with E-state index in [9.17, 15) is 0 Å². The topological polar surface area (TPSA) is 38.0 Å². The van der Waals surface area contributed by atoms with Gasteiger partial charge < -0.3 is 11.1 Å². The van der Waals surface area contributed by atoms with Crippen molar-refractivity contribution in [2.75, 3.05) is 18.4 Å². The molecule has 0 aromatic heterocycles. The summed E-state index contributed by atoms with van der Waals surface area (Å²) >= 11 is 5.89. The summed E-state index contributed by atoms with van der Waals surface area (Å²) in [5.41, 5.74) is 8.08.